The molecule has 2 unspecified atom stereocenters. The molecule has 92 valence electrons. The van der Waals surface area contributed by atoms with Crippen molar-refractivity contribution < 1.29 is 17.7 Å². The molecule has 0 radical (unpaired) electrons. The van der Waals surface area contributed by atoms with E-state index in [-0.39, 0.29) is 11.3 Å². The van der Waals surface area contributed by atoms with Crippen molar-refractivity contribution in [2.24, 2.45) is 0 Å². The molecule has 0 saturated heterocycles. The summed E-state index contributed by atoms with van der Waals surface area (Å²) in [5, 5.41) is 3.41. The van der Waals surface area contributed by atoms with Crippen LogP contribution in [0.15, 0.2) is 0 Å². The largest absolute Gasteiger partial charge is 0.399 e. The highest BCUT2D eigenvalue weighted by molar-refractivity contribution is 6.48. The summed E-state index contributed by atoms with van der Waals surface area (Å²) in [6, 6.07) is 0. The number of hydrogen-bond donors (Lipinski definition) is 1. The zero-order chi connectivity index (χ0) is 11.8. The van der Waals surface area contributed by atoms with Crippen molar-refractivity contribution in [1.29, 1.82) is 0 Å². The zero-order valence-corrected chi connectivity index (χ0v) is 12.8. The summed E-state index contributed by atoms with van der Waals surface area (Å²) in [5.41, 5.74) is 0.464. The molecule has 0 aromatic rings. The summed E-state index contributed by atoms with van der Waals surface area (Å²) < 4.78 is 21.2. The lowest BCUT2D eigenvalue weighted by atomic mass is 10.6. The van der Waals surface area contributed by atoms with Gasteiger partial charge in [-0.15, -0.1) is 0 Å². The molecule has 0 aliphatic carbocycles. The summed E-state index contributed by atoms with van der Waals surface area (Å²) in [6.07, 6.45) is 0. The fourth-order valence-corrected chi connectivity index (χ4v) is 4.74. The van der Waals surface area contributed by atoms with Crippen LogP contribution in [0.3, 0.4) is 0 Å². The molecule has 0 aliphatic heterocycles. The first-order chi connectivity index (χ1) is 7.10. The molecule has 0 fully saturated rings. The summed E-state index contributed by atoms with van der Waals surface area (Å²) >= 11 is 0. The molecule has 0 aliphatic rings. The Balaban J connectivity index is 4.08. The van der Waals surface area contributed by atoms with Crippen LogP contribution in [0.1, 0.15) is 13.8 Å². The van der Waals surface area contributed by atoms with Gasteiger partial charge in [0.15, 0.2) is 0 Å². The van der Waals surface area contributed by atoms with Gasteiger partial charge in [0, 0.05) is 39.8 Å². The van der Waals surface area contributed by atoms with Gasteiger partial charge in [-0.3, -0.25) is 0 Å². The molecule has 2 atom stereocenters. The molecule has 0 heterocycles. The monoisotopic (exact) mass is 253 g/mol. The molecule has 1 N–H and O–H groups in total. The van der Waals surface area contributed by atoms with Crippen LogP contribution in [0, 0.1) is 0 Å². The van der Waals surface area contributed by atoms with Crippen molar-refractivity contribution in [2.75, 3.05) is 28.4 Å². The van der Waals surface area contributed by atoms with Gasteiger partial charge < -0.3 is 23.0 Å². The smallest absolute Gasteiger partial charge is 0.338 e. The van der Waals surface area contributed by atoms with Crippen molar-refractivity contribution in [2.45, 2.75) is 25.2 Å². The normalized spacial score (nSPS) is 16.0. The van der Waals surface area contributed by atoms with Gasteiger partial charge in [0.1, 0.15) is 0 Å². The number of nitrogens with one attached hydrogen (secondary N) is 1. The van der Waals surface area contributed by atoms with Crippen molar-refractivity contribution in [3.63, 3.8) is 0 Å². The second kappa shape index (κ2) is 8.39. The predicted octanol–water partition coefficient (Wildman–Crippen LogP) is -0.542. The lowest BCUT2D eigenvalue weighted by molar-refractivity contribution is 0.245. The maximum atomic E-state index is 5.30. The van der Waals surface area contributed by atoms with Crippen LogP contribution in [0.25, 0.3) is 0 Å². The molecule has 15 heavy (non-hydrogen) atoms. The third kappa shape index (κ3) is 5.20. The van der Waals surface area contributed by atoms with Gasteiger partial charge in [-0.05, 0) is 13.8 Å². The average molecular weight is 253 g/mol. The van der Waals surface area contributed by atoms with E-state index in [1.165, 1.54) is 0 Å². The molecule has 5 nitrogen and oxygen atoms in total. The molecule has 0 aromatic heterocycles. The molecule has 0 rings (SSSR count). The lowest BCUT2D eigenvalue weighted by Gasteiger charge is -2.26. The fourth-order valence-electron chi connectivity index (χ4n) is 1.58. The second-order valence-electron chi connectivity index (χ2n) is 3.42. The Kier molecular flexibility index (Phi) is 8.52. The van der Waals surface area contributed by atoms with Gasteiger partial charge >= 0.3 is 18.6 Å². The maximum absolute atomic E-state index is 5.30. The molecular formula is C8H23NO4Si2. The third-order valence-electron chi connectivity index (χ3n) is 2.27. The van der Waals surface area contributed by atoms with E-state index in [0.717, 1.165) is 0 Å². The minimum absolute atomic E-state index is 0.232. The van der Waals surface area contributed by atoms with E-state index in [9.17, 15) is 0 Å². The SMILES string of the molecule is CO[SiH](OC)C(C)NC(C)[SiH](OC)OC. The molecule has 0 saturated carbocycles. The highest BCUT2D eigenvalue weighted by Gasteiger charge is 2.26. The Morgan fingerprint density at radius 3 is 1.20 bits per heavy atom. The van der Waals surface area contributed by atoms with Crippen LogP contribution in [-0.4, -0.2) is 58.3 Å². The molecule has 0 aromatic carbocycles. The fraction of sp³-hybridized carbons (Fsp3) is 1.00. The Bertz CT molecular complexity index is 140. The Morgan fingerprint density at radius 2 is 1.00 bits per heavy atom. The lowest BCUT2D eigenvalue weighted by Crippen LogP contribution is -2.53. The van der Waals surface area contributed by atoms with Crippen LogP contribution in [0.4, 0.5) is 0 Å². The van der Waals surface area contributed by atoms with Crippen molar-refractivity contribution in [1.82, 2.24) is 5.32 Å². The number of rotatable bonds is 8. The minimum atomic E-state index is -1.61. The highest BCUT2D eigenvalue weighted by Crippen LogP contribution is 1.99. The standard InChI is InChI=1S/C8H23NO4Si2/c1-7(14(10-3)11-4)9-8(2)15(12-5)13-6/h7-9,14-15H,1-6H3. The van der Waals surface area contributed by atoms with E-state index in [1.54, 1.807) is 28.4 Å². The van der Waals surface area contributed by atoms with Gasteiger partial charge in [0.2, 0.25) is 0 Å². The van der Waals surface area contributed by atoms with E-state index in [0.29, 0.717) is 0 Å². The van der Waals surface area contributed by atoms with E-state index in [1.807, 2.05) is 0 Å². The molecule has 0 spiro atoms. The molecule has 0 amide bonds. The Hall–Kier alpha value is 0.234. The quantitative estimate of drug-likeness (QED) is 0.589. The summed E-state index contributed by atoms with van der Waals surface area (Å²) in [7, 11) is 3.53. The molecule has 7 heteroatoms. The molecule has 0 bridgehead atoms. The predicted molar refractivity (Wildman–Crippen MR) is 64.4 cm³/mol. The average Bonchev–Trinajstić information content (AvgIpc) is 2.21. The first-order valence-electron chi connectivity index (χ1n) is 4.97. The van der Waals surface area contributed by atoms with Crippen molar-refractivity contribution in [3.8, 4) is 0 Å². The molecular weight excluding hydrogens is 230 g/mol. The van der Waals surface area contributed by atoms with E-state index in [4.69, 9.17) is 17.7 Å². The van der Waals surface area contributed by atoms with Gasteiger partial charge in [0.25, 0.3) is 0 Å². The first-order valence-corrected chi connectivity index (χ1v) is 8.19. The number of hydrogen-bond acceptors (Lipinski definition) is 5. The topological polar surface area (TPSA) is 49.0 Å². The van der Waals surface area contributed by atoms with E-state index >= 15 is 0 Å². The van der Waals surface area contributed by atoms with Gasteiger partial charge in [0.05, 0.1) is 0 Å². The highest BCUT2D eigenvalue weighted by atomic mass is 28.3. The van der Waals surface area contributed by atoms with Gasteiger partial charge in [-0.1, -0.05) is 0 Å². The Morgan fingerprint density at radius 1 is 0.733 bits per heavy atom. The van der Waals surface area contributed by atoms with Crippen molar-refractivity contribution in [3.05, 3.63) is 0 Å². The van der Waals surface area contributed by atoms with Crippen LogP contribution < -0.4 is 5.32 Å². The van der Waals surface area contributed by atoms with Crippen LogP contribution >= 0.6 is 0 Å². The van der Waals surface area contributed by atoms with Gasteiger partial charge in [-0.2, -0.15) is 0 Å². The Labute approximate surface area is 95.7 Å². The summed E-state index contributed by atoms with van der Waals surface area (Å²) in [6.45, 7) is 4.13. The van der Waals surface area contributed by atoms with E-state index in [2.05, 4.69) is 19.2 Å². The van der Waals surface area contributed by atoms with Crippen molar-refractivity contribution >= 4 is 18.6 Å². The first kappa shape index (κ1) is 15.2. The van der Waals surface area contributed by atoms with Crippen LogP contribution in [-0.2, 0) is 17.7 Å². The van der Waals surface area contributed by atoms with Gasteiger partial charge in [-0.25, -0.2) is 0 Å². The third-order valence-corrected chi connectivity index (χ3v) is 6.15. The summed E-state index contributed by atoms with van der Waals surface area (Å²) in [4.78, 5) is 0. The van der Waals surface area contributed by atoms with E-state index < -0.39 is 18.6 Å². The zero-order valence-electron chi connectivity index (χ0n) is 10.4. The maximum Gasteiger partial charge on any atom is 0.338 e. The van der Waals surface area contributed by atoms with Crippen LogP contribution in [0.2, 0.25) is 0 Å². The second-order valence-corrected chi connectivity index (χ2v) is 8.78. The summed E-state index contributed by atoms with van der Waals surface area (Å²) in [5.74, 6) is 0. The van der Waals surface area contributed by atoms with Crippen LogP contribution in [0.5, 0.6) is 0 Å². The minimum Gasteiger partial charge on any atom is -0.399 e.